The number of rotatable bonds is 5. The van der Waals surface area contributed by atoms with Crippen LogP contribution >= 0.6 is 0 Å². The van der Waals surface area contributed by atoms with Crippen LogP contribution in [0.15, 0.2) is 35.6 Å². The number of anilines is 1. The molecule has 1 aromatic heterocycles. The first-order chi connectivity index (χ1) is 13.2. The number of amides is 1. The number of aromatic nitrogens is 2. The number of carbonyl (C=O) groups excluding carboxylic acids is 1. The average Bonchev–Trinajstić information content (AvgIpc) is 3.31. The average molecular weight is 397 g/mol. The summed E-state index contributed by atoms with van der Waals surface area (Å²) in [5, 5.41) is 7.33. The molecule has 0 radical (unpaired) electrons. The van der Waals surface area contributed by atoms with Crippen LogP contribution in [0.2, 0.25) is 0 Å². The maximum atomic E-state index is 13.7. The molecule has 1 aliphatic heterocycles. The molecule has 3 rings (SSSR count). The minimum absolute atomic E-state index is 0.360. The van der Waals surface area contributed by atoms with Crippen LogP contribution in [0.3, 0.4) is 0 Å². The Morgan fingerprint density at radius 3 is 2.61 bits per heavy atom. The maximum Gasteiger partial charge on any atom is 0.435 e. The van der Waals surface area contributed by atoms with Crippen LogP contribution in [0.1, 0.15) is 31.0 Å². The van der Waals surface area contributed by atoms with E-state index in [1.165, 1.54) is 12.1 Å². The molecule has 2 heterocycles. The molecule has 0 saturated carbocycles. The fourth-order valence-corrected chi connectivity index (χ4v) is 3.02. The molecule has 1 amide bonds. The van der Waals surface area contributed by atoms with Crippen molar-refractivity contribution < 1.29 is 22.4 Å². The van der Waals surface area contributed by atoms with Crippen molar-refractivity contribution in [1.29, 1.82) is 0 Å². The lowest BCUT2D eigenvalue weighted by atomic mass is 10.1. The van der Waals surface area contributed by atoms with E-state index in [-0.39, 0.29) is 5.82 Å². The summed E-state index contributed by atoms with van der Waals surface area (Å²) in [6.07, 6.45) is -1.45. The predicted octanol–water partition coefficient (Wildman–Crippen LogP) is 3.18. The first-order valence-corrected chi connectivity index (χ1v) is 8.72. The highest BCUT2D eigenvalue weighted by Crippen LogP contribution is 2.27. The Morgan fingerprint density at radius 2 is 1.96 bits per heavy atom. The molecular weight excluding hydrogens is 378 g/mol. The van der Waals surface area contributed by atoms with Gasteiger partial charge in [-0.05, 0) is 44.0 Å². The smallest absolute Gasteiger partial charge is 0.371 e. The van der Waals surface area contributed by atoms with Gasteiger partial charge in [0.15, 0.2) is 5.69 Å². The van der Waals surface area contributed by atoms with E-state index >= 15 is 0 Å². The number of hydrazone groups is 1. The molecule has 0 atom stereocenters. The van der Waals surface area contributed by atoms with Crippen LogP contribution in [-0.2, 0) is 17.5 Å². The van der Waals surface area contributed by atoms with Gasteiger partial charge in [0.1, 0.15) is 12.4 Å². The molecule has 10 heteroatoms. The summed E-state index contributed by atoms with van der Waals surface area (Å²) in [6, 6.07) is 5.14. The topological polar surface area (TPSA) is 62.5 Å². The molecule has 0 spiro atoms. The normalized spacial score (nSPS) is 15.2. The van der Waals surface area contributed by atoms with Crippen LogP contribution in [0.4, 0.5) is 23.2 Å². The number of carbonyl (C=O) groups is 1. The SMILES string of the molecule is C/C(=N/NC(=O)Cn1ccc(C(F)(F)F)n1)c1ccc(F)cc1N1CCCC1. The third-order valence-corrected chi connectivity index (χ3v) is 4.38. The predicted molar refractivity (Wildman–Crippen MR) is 95.4 cm³/mol. The highest BCUT2D eigenvalue weighted by atomic mass is 19.4. The fraction of sp³-hybridized carbons (Fsp3) is 0.389. The van der Waals surface area contributed by atoms with Crippen molar-refractivity contribution in [3.8, 4) is 0 Å². The molecule has 1 saturated heterocycles. The Morgan fingerprint density at radius 1 is 1.25 bits per heavy atom. The number of hydrogen-bond acceptors (Lipinski definition) is 4. The van der Waals surface area contributed by atoms with Crippen molar-refractivity contribution >= 4 is 17.3 Å². The molecule has 0 aliphatic carbocycles. The molecule has 1 fully saturated rings. The summed E-state index contributed by atoms with van der Waals surface area (Å²) in [5.41, 5.74) is 3.09. The number of halogens is 4. The van der Waals surface area contributed by atoms with E-state index in [1.54, 1.807) is 13.0 Å². The fourth-order valence-electron chi connectivity index (χ4n) is 3.02. The van der Waals surface area contributed by atoms with Crippen LogP contribution < -0.4 is 10.3 Å². The molecule has 150 valence electrons. The summed E-state index contributed by atoms with van der Waals surface area (Å²) in [4.78, 5) is 14.0. The van der Waals surface area contributed by atoms with E-state index in [1.807, 2.05) is 0 Å². The molecular formula is C18H19F4N5O. The van der Waals surface area contributed by atoms with Crippen LogP contribution in [0.5, 0.6) is 0 Å². The molecule has 1 N–H and O–H groups in total. The number of hydrogen-bond donors (Lipinski definition) is 1. The summed E-state index contributed by atoms with van der Waals surface area (Å²) in [7, 11) is 0. The van der Waals surface area contributed by atoms with Crippen LogP contribution in [-0.4, -0.2) is 34.5 Å². The minimum atomic E-state index is -4.56. The third-order valence-electron chi connectivity index (χ3n) is 4.38. The quantitative estimate of drug-likeness (QED) is 0.479. The Bertz CT molecular complexity index is 884. The number of nitrogens with one attached hydrogen (secondary N) is 1. The number of benzene rings is 1. The van der Waals surface area contributed by atoms with Gasteiger partial charge in [-0.3, -0.25) is 9.48 Å². The van der Waals surface area contributed by atoms with E-state index in [9.17, 15) is 22.4 Å². The van der Waals surface area contributed by atoms with Crippen molar-refractivity contribution in [2.45, 2.75) is 32.5 Å². The Balaban J connectivity index is 1.69. The molecule has 0 unspecified atom stereocenters. The lowest BCUT2D eigenvalue weighted by Crippen LogP contribution is -2.25. The number of alkyl halides is 3. The van der Waals surface area contributed by atoms with E-state index in [4.69, 9.17) is 0 Å². The van der Waals surface area contributed by atoms with Gasteiger partial charge in [-0.15, -0.1) is 0 Å². The molecule has 1 aromatic carbocycles. The van der Waals surface area contributed by atoms with Gasteiger partial charge in [0, 0.05) is 30.5 Å². The molecule has 6 nitrogen and oxygen atoms in total. The third kappa shape index (κ3) is 4.68. The Hall–Kier alpha value is -2.91. The Kier molecular flexibility index (Phi) is 5.66. The van der Waals surface area contributed by atoms with Gasteiger partial charge in [0.05, 0.1) is 5.71 Å². The molecule has 0 bridgehead atoms. The zero-order chi connectivity index (χ0) is 20.3. The lowest BCUT2D eigenvalue weighted by molar-refractivity contribution is -0.141. The summed E-state index contributed by atoms with van der Waals surface area (Å²) in [5.74, 6) is -0.984. The van der Waals surface area contributed by atoms with Crippen molar-refractivity contribution in [3.63, 3.8) is 0 Å². The van der Waals surface area contributed by atoms with E-state index in [0.29, 0.717) is 17.0 Å². The lowest BCUT2D eigenvalue weighted by Gasteiger charge is -2.21. The van der Waals surface area contributed by atoms with Crippen molar-refractivity contribution in [2.75, 3.05) is 18.0 Å². The maximum absolute atomic E-state index is 13.7. The van der Waals surface area contributed by atoms with E-state index < -0.39 is 24.3 Å². The van der Waals surface area contributed by atoms with Gasteiger partial charge in [-0.1, -0.05) is 0 Å². The molecule has 2 aromatic rings. The summed E-state index contributed by atoms with van der Waals surface area (Å²) >= 11 is 0. The monoisotopic (exact) mass is 397 g/mol. The zero-order valence-corrected chi connectivity index (χ0v) is 15.1. The van der Waals surface area contributed by atoms with Crippen LogP contribution in [0.25, 0.3) is 0 Å². The van der Waals surface area contributed by atoms with Gasteiger partial charge in [0.25, 0.3) is 5.91 Å². The Labute approximate surface area is 158 Å². The summed E-state index contributed by atoms with van der Waals surface area (Å²) in [6.45, 7) is 2.89. The molecule has 1 aliphatic rings. The van der Waals surface area contributed by atoms with Crippen molar-refractivity contribution in [2.24, 2.45) is 5.10 Å². The van der Waals surface area contributed by atoms with Crippen molar-refractivity contribution in [3.05, 3.63) is 47.5 Å². The van der Waals surface area contributed by atoms with Gasteiger partial charge >= 0.3 is 6.18 Å². The highest BCUT2D eigenvalue weighted by Gasteiger charge is 2.33. The second kappa shape index (κ2) is 7.99. The second-order valence-electron chi connectivity index (χ2n) is 6.48. The number of nitrogens with zero attached hydrogens (tertiary/aromatic N) is 4. The van der Waals surface area contributed by atoms with Gasteiger partial charge in [0.2, 0.25) is 0 Å². The van der Waals surface area contributed by atoms with Gasteiger partial charge in [-0.2, -0.15) is 23.4 Å². The standard InChI is InChI=1S/C18H19F4N5O/c1-12(14-5-4-13(19)10-15(14)26-7-2-3-8-26)23-24-17(28)11-27-9-6-16(25-27)18(20,21)22/h4-6,9-10H,2-3,7-8,11H2,1H3,(H,24,28)/b23-12-. The first kappa shape index (κ1) is 19.8. The zero-order valence-electron chi connectivity index (χ0n) is 15.1. The van der Waals surface area contributed by atoms with Gasteiger partial charge < -0.3 is 4.90 Å². The van der Waals surface area contributed by atoms with E-state index in [0.717, 1.165) is 42.9 Å². The summed E-state index contributed by atoms with van der Waals surface area (Å²) < 4.78 is 52.2. The van der Waals surface area contributed by atoms with E-state index in [2.05, 4.69) is 20.5 Å². The second-order valence-corrected chi connectivity index (χ2v) is 6.48. The minimum Gasteiger partial charge on any atom is -0.371 e. The largest absolute Gasteiger partial charge is 0.435 e. The van der Waals surface area contributed by atoms with Crippen LogP contribution in [0, 0.1) is 5.82 Å². The highest BCUT2D eigenvalue weighted by molar-refractivity contribution is 6.04. The van der Waals surface area contributed by atoms with Crippen molar-refractivity contribution in [1.82, 2.24) is 15.2 Å². The first-order valence-electron chi connectivity index (χ1n) is 8.72. The van der Waals surface area contributed by atoms with Gasteiger partial charge in [-0.25, -0.2) is 9.82 Å². The molecule has 28 heavy (non-hydrogen) atoms.